The molecule has 0 aromatic heterocycles. The lowest BCUT2D eigenvalue weighted by molar-refractivity contribution is 0.373. The van der Waals surface area contributed by atoms with Gasteiger partial charge < -0.3 is 10.4 Å². The van der Waals surface area contributed by atoms with Crippen molar-refractivity contribution in [1.29, 1.82) is 0 Å². The Labute approximate surface area is 108 Å². The van der Waals surface area contributed by atoms with Crippen molar-refractivity contribution < 1.29 is 5.11 Å². The van der Waals surface area contributed by atoms with Gasteiger partial charge in [-0.1, -0.05) is 12.1 Å². The van der Waals surface area contributed by atoms with Crippen molar-refractivity contribution in [2.75, 3.05) is 6.54 Å². The van der Waals surface area contributed by atoms with Crippen LogP contribution in [0.4, 0.5) is 0 Å². The summed E-state index contributed by atoms with van der Waals surface area (Å²) in [6.45, 7) is 1.19. The van der Waals surface area contributed by atoms with Crippen molar-refractivity contribution in [2.24, 2.45) is 11.3 Å². The molecule has 0 aliphatic heterocycles. The van der Waals surface area contributed by atoms with Gasteiger partial charge in [-0.2, -0.15) is 0 Å². The van der Waals surface area contributed by atoms with E-state index in [9.17, 15) is 5.11 Å². The maximum atomic E-state index is 9.86. The van der Waals surface area contributed by atoms with E-state index in [1.165, 1.54) is 43.4 Å². The Kier molecular flexibility index (Phi) is 2.25. The van der Waals surface area contributed by atoms with Crippen LogP contribution in [-0.4, -0.2) is 11.7 Å². The van der Waals surface area contributed by atoms with Crippen LogP contribution >= 0.6 is 0 Å². The Bertz CT molecular complexity index is 474. The minimum Gasteiger partial charge on any atom is -0.508 e. The molecule has 0 spiro atoms. The molecule has 2 fully saturated rings. The predicted octanol–water partition coefficient (Wildman–Crippen LogP) is 3.16. The molecule has 2 saturated carbocycles. The molecule has 2 N–H and O–H groups in total. The molecule has 1 atom stereocenters. The van der Waals surface area contributed by atoms with Crippen molar-refractivity contribution in [3.8, 4) is 5.75 Å². The van der Waals surface area contributed by atoms with Gasteiger partial charge in [0.1, 0.15) is 5.75 Å². The van der Waals surface area contributed by atoms with Gasteiger partial charge in [0.25, 0.3) is 0 Å². The quantitative estimate of drug-likeness (QED) is 0.851. The molecule has 3 aliphatic carbocycles. The summed E-state index contributed by atoms with van der Waals surface area (Å²) in [5.41, 5.74) is 3.17. The molecule has 1 aromatic carbocycles. The van der Waals surface area contributed by atoms with Crippen LogP contribution in [0.15, 0.2) is 18.2 Å². The van der Waals surface area contributed by atoms with Crippen LogP contribution in [0.1, 0.15) is 49.3 Å². The average Bonchev–Trinajstić information content (AvgIpc) is 3.25. The van der Waals surface area contributed by atoms with E-state index < -0.39 is 0 Å². The molecule has 2 heteroatoms. The molecule has 1 unspecified atom stereocenters. The number of rotatable bonds is 4. The summed E-state index contributed by atoms with van der Waals surface area (Å²) in [6, 6.07) is 6.44. The Balaban J connectivity index is 1.47. The second-order valence-corrected chi connectivity index (χ2v) is 6.45. The van der Waals surface area contributed by atoms with Crippen LogP contribution in [-0.2, 0) is 6.42 Å². The number of phenols is 1. The van der Waals surface area contributed by atoms with Gasteiger partial charge in [0, 0.05) is 12.6 Å². The van der Waals surface area contributed by atoms with E-state index in [1.54, 1.807) is 0 Å². The molecule has 0 amide bonds. The summed E-state index contributed by atoms with van der Waals surface area (Å²) in [5.74, 6) is 1.51. The number of phenolic OH excluding ortho intramolecular Hbond substituents is 1. The van der Waals surface area contributed by atoms with Gasteiger partial charge in [-0.3, -0.25) is 0 Å². The van der Waals surface area contributed by atoms with E-state index in [2.05, 4.69) is 11.4 Å². The molecule has 1 aromatic rings. The SMILES string of the molecule is Oc1cccc2c1CCC2NCC1(C2CC2)CC1. The topological polar surface area (TPSA) is 32.3 Å². The Morgan fingerprint density at radius 1 is 1.22 bits per heavy atom. The van der Waals surface area contributed by atoms with Crippen molar-refractivity contribution in [3.05, 3.63) is 29.3 Å². The van der Waals surface area contributed by atoms with Gasteiger partial charge in [-0.25, -0.2) is 0 Å². The first-order valence-electron chi connectivity index (χ1n) is 7.33. The summed E-state index contributed by atoms with van der Waals surface area (Å²) in [5, 5.41) is 13.6. The number of fused-ring (bicyclic) bond motifs is 1. The number of hydrogen-bond donors (Lipinski definition) is 2. The highest BCUT2D eigenvalue weighted by Crippen LogP contribution is 2.61. The summed E-state index contributed by atoms with van der Waals surface area (Å²) >= 11 is 0. The average molecular weight is 243 g/mol. The van der Waals surface area contributed by atoms with Gasteiger partial charge in [0.15, 0.2) is 0 Å². The first-order chi connectivity index (χ1) is 8.78. The fourth-order valence-electron chi connectivity index (χ4n) is 3.76. The Morgan fingerprint density at radius 2 is 2.06 bits per heavy atom. The number of benzene rings is 1. The van der Waals surface area contributed by atoms with Crippen LogP contribution in [0, 0.1) is 11.3 Å². The standard InChI is InChI=1S/C16H21NO/c18-15-3-1-2-12-13(15)6-7-14(12)17-10-16(8-9-16)11-4-5-11/h1-3,11,14,17-18H,4-10H2. The lowest BCUT2D eigenvalue weighted by Gasteiger charge is -2.20. The minimum atomic E-state index is 0.475. The third kappa shape index (κ3) is 1.66. The molecule has 18 heavy (non-hydrogen) atoms. The number of aromatic hydroxyl groups is 1. The third-order valence-electron chi connectivity index (χ3n) is 5.28. The minimum absolute atomic E-state index is 0.475. The van der Waals surface area contributed by atoms with Gasteiger partial charge in [0.05, 0.1) is 0 Å². The van der Waals surface area contributed by atoms with E-state index >= 15 is 0 Å². The second kappa shape index (κ2) is 3.74. The zero-order chi connectivity index (χ0) is 12.2. The van der Waals surface area contributed by atoms with E-state index in [0.29, 0.717) is 17.2 Å². The summed E-state index contributed by atoms with van der Waals surface area (Å²) in [6.07, 6.45) is 7.96. The molecule has 0 radical (unpaired) electrons. The lowest BCUT2D eigenvalue weighted by Crippen LogP contribution is -2.28. The Morgan fingerprint density at radius 3 is 2.78 bits per heavy atom. The molecule has 4 rings (SSSR count). The van der Waals surface area contributed by atoms with E-state index in [1.807, 2.05) is 12.1 Å². The molecular weight excluding hydrogens is 222 g/mol. The van der Waals surface area contributed by atoms with Crippen molar-refractivity contribution in [3.63, 3.8) is 0 Å². The highest BCUT2D eigenvalue weighted by Gasteiger charge is 2.53. The zero-order valence-corrected chi connectivity index (χ0v) is 10.8. The van der Waals surface area contributed by atoms with E-state index in [-0.39, 0.29) is 0 Å². The Hall–Kier alpha value is -1.02. The van der Waals surface area contributed by atoms with Crippen LogP contribution in [0.5, 0.6) is 5.75 Å². The first kappa shape index (κ1) is 10.9. The molecule has 0 heterocycles. The van der Waals surface area contributed by atoms with Crippen LogP contribution in [0.3, 0.4) is 0 Å². The molecule has 3 aliphatic rings. The van der Waals surface area contributed by atoms with Gasteiger partial charge in [-0.05, 0) is 67.1 Å². The number of nitrogens with one attached hydrogen (secondary N) is 1. The predicted molar refractivity (Wildman–Crippen MR) is 71.6 cm³/mol. The van der Waals surface area contributed by atoms with E-state index in [4.69, 9.17) is 0 Å². The van der Waals surface area contributed by atoms with Crippen LogP contribution in [0.25, 0.3) is 0 Å². The summed E-state index contributed by atoms with van der Waals surface area (Å²) in [7, 11) is 0. The van der Waals surface area contributed by atoms with Gasteiger partial charge in [-0.15, -0.1) is 0 Å². The fraction of sp³-hybridized carbons (Fsp3) is 0.625. The van der Waals surface area contributed by atoms with Crippen molar-refractivity contribution >= 4 is 0 Å². The molecular formula is C16H21NO. The van der Waals surface area contributed by atoms with Crippen molar-refractivity contribution in [1.82, 2.24) is 5.32 Å². The highest BCUT2D eigenvalue weighted by atomic mass is 16.3. The molecule has 0 bridgehead atoms. The largest absolute Gasteiger partial charge is 0.508 e. The van der Waals surface area contributed by atoms with Crippen molar-refractivity contribution in [2.45, 2.75) is 44.6 Å². The first-order valence-corrected chi connectivity index (χ1v) is 7.33. The summed E-state index contributed by atoms with van der Waals surface area (Å²) in [4.78, 5) is 0. The highest BCUT2D eigenvalue weighted by molar-refractivity contribution is 5.44. The second-order valence-electron chi connectivity index (χ2n) is 6.45. The third-order valence-corrected chi connectivity index (χ3v) is 5.28. The smallest absolute Gasteiger partial charge is 0.119 e. The fourth-order valence-corrected chi connectivity index (χ4v) is 3.76. The van der Waals surface area contributed by atoms with Crippen LogP contribution < -0.4 is 5.32 Å². The summed E-state index contributed by atoms with van der Waals surface area (Å²) < 4.78 is 0. The maximum absolute atomic E-state index is 9.86. The molecule has 0 saturated heterocycles. The van der Waals surface area contributed by atoms with Gasteiger partial charge in [0.2, 0.25) is 0 Å². The van der Waals surface area contributed by atoms with Gasteiger partial charge >= 0.3 is 0 Å². The van der Waals surface area contributed by atoms with Crippen LogP contribution in [0.2, 0.25) is 0 Å². The molecule has 2 nitrogen and oxygen atoms in total. The maximum Gasteiger partial charge on any atom is 0.119 e. The molecule has 96 valence electrons. The van der Waals surface area contributed by atoms with E-state index in [0.717, 1.165) is 18.8 Å². The zero-order valence-electron chi connectivity index (χ0n) is 10.8. The monoisotopic (exact) mass is 243 g/mol. The number of hydrogen-bond acceptors (Lipinski definition) is 2. The lowest BCUT2D eigenvalue weighted by atomic mass is 9.99. The normalized spacial score (nSPS) is 28.1.